The molecule has 3 heteroatoms. The van der Waals surface area contributed by atoms with Crippen LogP contribution in [0.2, 0.25) is 0 Å². The molecule has 0 radical (unpaired) electrons. The number of hydrogen-bond donors (Lipinski definition) is 1. The van der Waals surface area contributed by atoms with Crippen LogP contribution in [0.15, 0.2) is 127 Å². The fraction of sp³-hybridized carbons (Fsp3) is 0. The van der Waals surface area contributed by atoms with Crippen LogP contribution < -0.4 is 5.22 Å². The summed E-state index contributed by atoms with van der Waals surface area (Å²) in [4.78, 5) is 28.5. The Morgan fingerprint density at radius 2 is 0.919 bits per heavy atom. The van der Waals surface area contributed by atoms with Crippen LogP contribution in [-0.2, 0) is 0 Å². The SMILES string of the molecule is O=C(c1ccccc1)c1c(C(=O)c2ccccc2)c2cccc3cccc(c1=C(O)c1ccccc1)c32. The lowest BCUT2D eigenvalue weighted by Crippen LogP contribution is -2.26. The van der Waals surface area contributed by atoms with Crippen molar-refractivity contribution in [2.24, 2.45) is 0 Å². The number of aliphatic hydroxyl groups excluding tert-OH is 1. The first-order valence-corrected chi connectivity index (χ1v) is 12.1. The van der Waals surface area contributed by atoms with E-state index in [4.69, 9.17) is 0 Å². The molecule has 0 aromatic heterocycles. The normalized spacial score (nSPS) is 12.0. The molecule has 6 aromatic carbocycles. The third-order valence-corrected chi connectivity index (χ3v) is 6.75. The summed E-state index contributed by atoms with van der Waals surface area (Å²) in [6, 6.07) is 38.6. The monoisotopic (exact) mass is 478 g/mol. The van der Waals surface area contributed by atoms with E-state index in [1.807, 2.05) is 78.9 Å². The largest absolute Gasteiger partial charge is 0.507 e. The molecule has 0 amide bonds. The summed E-state index contributed by atoms with van der Waals surface area (Å²) in [7, 11) is 0. The van der Waals surface area contributed by atoms with E-state index < -0.39 is 0 Å². The molecule has 3 nitrogen and oxygen atoms in total. The summed E-state index contributed by atoms with van der Waals surface area (Å²) >= 11 is 0. The van der Waals surface area contributed by atoms with Crippen LogP contribution >= 0.6 is 0 Å². The second kappa shape index (κ2) is 9.21. The van der Waals surface area contributed by atoms with E-state index >= 15 is 0 Å². The molecular weight excluding hydrogens is 456 g/mol. The Bertz CT molecular complexity index is 1830. The van der Waals surface area contributed by atoms with E-state index in [9.17, 15) is 14.7 Å². The number of hydrogen-bond acceptors (Lipinski definition) is 3. The van der Waals surface area contributed by atoms with Crippen molar-refractivity contribution in [1.82, 2.24) is 0 Å². The number of carbonyl (C=O) groups excluding carboxylic acids is 2. The first kappa shape index (κ1) is 22.4. The average molecular weight is 479 g/mol. The van der Waals surface area contributed by atoms with Gasteiger partial charge in [0, 0.05) is 33.0 Å². The molecule has 0 aliphatic rings. The van der Waals surface area contributed by atoms with Crippen LogP contribution in [0.5, 0.6) is 0 Å². The molecule has 6 rings (SSSR count). The van der Waals surface area contributed by atoms with Crippen molar-refractivity contribution in [2.75, 3.05) is 0 Å². The van der Waals surface area contributed by atoms with Gasteiger partial charge in [-0.15, -0.1) is 0 Å². The quantitative estimate of drug-likeness (QED) is 0.275. The van der Waals surface area contributed by atoms with E-state index in [-0.39, 0.29) is 22.9 Å². The summed E-state index contributed by atoms with van der Waals surface area (Å²) < 4.78 is 0. The highest BCUT2D eigenvalue weighted by Gasteiger charge is 2.27. The highest BCUT2D eigenvalue weighted by atomic mass is 16.3. The maximum absolute atomic E-state index is 14.3. The molecule has 6 aromatic rings. The van der Waals surface area contributed by atoms with Crippen LogP contribution in [-0.4, -0.2) is 16.7 Å². The zero-order chi connectivity index (χ0) is 25.4. The zero-order valence-electron chi connectivity index (χ0n) is 19.9. The Morgan fingerprint density at radius 1 is 0.459 bits per heavy atom. The van der Waals surface area contributed by atoms with Gasteiger partial charge in [0.15, 0.2) is 11.6 Å². The van der Waals surface area contributed by atoms with E-state index in [0.29, 0.717) is 32.9 Å². The van der Waals surface area contributed by atoms with Crippen molar-refractivity contribution in [3.63, 3.8) is 0 Å². The first-order valence-electron chi connectivity index (χ1n) is 12.1. The van der Waals surface area contributed by atoms with Gasteiger partial charge in [-0.05, 0) is 21.5 Å². The van der Waals surface area contributed by atoms with Gasteiger partial charge in [0.2, 0.25) is 0 Å². The fourth-order valence-corrected chi connectivity index (χ4v) is 5.07. The minimum Gasteiger partial charge on any atom is -0.507 e. The van der Waals surface area contributed by atoms with Gasteiger partial charge in [0.1, 0.15) is 5.76 Å². The van der Waals surface area contributed by atoms with Crippen molar-refractivity contribution in [1.29, 1.82) is 0 Å². The minimum absolute atomic E-state index is 0.0414. The van der Waals surface area contributed by atoms with Gasteiger partial charge in [-0.25, -0.2) is 0 Å². The van der Waals surface area contributed by atoms with Crippen LogP contribution in [0.3, 0.4) is 0 Å². The highest BCUT2D eigenvalue weighted by molar-refractivity contribution is 6.29. The Morgan fingerprint density at radius 3 is 1.46 bits per heavy atom. The van der Waals surface area contributed by atoms with Gasteiger partial charge in [-0.2, -0.15) is 0 Å². The summed E-state index contributed by atoms with van der Waals surface area (Å²) in [5.41, 5.74) is 1.99. The summed E-state index contributed by atoms with van der Waals surface area (Å²) in [5, 5.41) is 15.3. The molecule has 0 aliphatic heterocycles. The molecule has 0 unspecified atom stereocenters. The van der Waals surface area contributed by atoms with Crippen molar-refractivity contribution in [3.05, 3.63) is 160 Å². The van der Waals surface area contributed by atoms with Crippen LogP contribution in [0.4, 0.5) is 0 Å². The number of carbonyl (C=O) groups is 2. The van der Waals surface area contributed by atoms with Crippen molar-refractivity contribution in [3.8, 4) is 0 Å². The van der Waals surface area contributed by atoms with E-state index in [0.717, 1.165) is 16.2 Å². The summed E-state index contributed by atoms with van der Waals surface area (Å²) in [6.45, 7) is 0. The third kappa shape index (κ3) is 3.78. The summed E-state index contributed by atoms with van der Waals surface area (Å²) in [6.07, 6.45) is 0. The number of ketones is 2. The average Bonchev–Trinajstić information content (AvgIpc) is 2.97. The molecule has 0 aliphatic carbocycles. The molecule has 1 N–H and O–H groups in total. The minimum atomic E-state index is -0.316. The lowest BCUT2D eigenvalue weighted by Gasteiger charge is -2.18. The number of rotatable bonds is 5. The molecule has 176 valence electrons. The molecule has 0 heterocycles. The maximum atomic E-state index is 14.3. The summed E-state index contributed by atoms with van der Waals surface area (Å²) in [5.74, 6) is -0.621. The van der Waals surface area contributed by atoms with Gasteiger partial charge in [0.05, 0.1) is 0 Å². The molecule has 37 heavy (non-hydrogen) atoms. The Kier molecular flexibility index (Phi) is 5.59. The zero-order valence-corrected chi connectivity index (χ0v) is 19.9. The fourth-order valence-electron chi connectivity index (χ4n) is 5.07. The van der Waals surface area contributed by atoms with Gasteiger partial charge >= 0.3 is 0 Å². The third-order valence-electron chi connectivity index (χ3n) is 6.75. The van der Waals surface area contributed by atoms with Gasteiger partial charge in [0.25, 0.3) is 0 Å². The van der Waals surface area contributed by atoms with Gasteiger partial charge in [-0.3, -0.25) is 9.59 Å². The predicted octanol–water partition coefficient (Wildman–Crippen LogP) is 6.89. The van der Waals surface area contributed by atoms with Crippen LogP contribution in [0.25, 0.3) is 27.3 Å². The predicted molar refractivity (Wildman–Crippen MR) is 148 cm³/mol. The van der Waals surface area contributed by atoms with E-state index in [1.54, 1.807) is 48.5 Å². The molecular formula is C34H22O3. The lowest BCUT2D eigenvalue weighted by atomic mass is 9.83. The molecule has 0 saturated carbocycles. The molecule has 0 fully saturated rings. The Hall–Kier alpha value is -5.02. The molecule has 0 atom stereocenters. The van der Waals surface area contributed by atoms with E-state index in [1.165, 1.54) is 0 Å². The molecule has 0 spiro atoms. The van der Waals surface area contributed by atoms with Gasteiger partial charge in [-0.1, -0.05) is 127 Å². The van der Waals surface area contributed by atoms with Crippen molar-refractivity contribution >= 4 is 38.9 Å². The Labute approximate surface area is 213 Å². The second-order valence-corrected chi connectivity index (χ2v) is 8.94. The standard InChI is InChI=1S/C34H22O3/c35-32(23-12-4-1-5-13-23)29-26-20-10-18-22-19-11-21-27(28(22)26)30(33(36)24-14-6-2-7-15-24)31(29)34(37)25-16-8-3-9-17-25/h1-21,35H. The van der Waals surface area contributed by atoms with Crippen LogP contribution in [0.1, 0.15) is 37.4 Å². The topological polar surface area (TPSA) is 54.4 Å². The Balaban J connectivity index is 1.87. The van der Waals surface area contributed by atoms with Crippen molar-refractivity contribution in [2.45, 2.75) is 0 Å². The first-order chi connectivity index (χ1) is 18.1. The van der Waals surface area contributed by atoms with Crippen molar-refractivity contribution < 1.29 is 14.7 Å². The maximum Gasteiger partial charge on any atom is 0.194 e. The van der Waals surface area contributed by atoms with Gasteiger partial charge < -0.3 is 5.11 Å². The number of aliphatic hydroxyl groups is 1. The number of benzene rings is 6. The highest BCUT2D eigenvalue weighted by Crippen LogP contribution is 2.32. The molecule has 0 saturated heterocycles. The molecule has 0 bridgehead atoms. The van der Waals surface area contributed by atoms with Crippen LogP contribution in [0, 0.1) is 0 Å². The second-order valence-electron chi connectivity index (χ2n) is 8.94. The van der Waals surface area contributed by atoms with E-state index in [2.05, 4.69) is 0 Å². The lowest BCUT2D eigenvalue weighted by molar-refractivity contribution is 0.100. The smallest absolute Gasteiger partial charge is 0.194 e.